The lowest BCUT2D eigenvalue weighted by Crippen LogP contribution is -2.15. The van der Waals surface area contributed by atoms with Crippen molar-refractivity contribution in [1.29, 1.82) is 0 Å². The second-order valence-electron chi connectivity index (χ2n) is 6.07. The molecular weight excluding hydrogens is 240 g/mol. The van der Waals surface area contributed by atoms with Crippen molar-refractivity contribution in [3.8, 4) is 5.75 Å². The Balaban J connectivity index is 3.27. The van der Waals surface area contributed by atoms with Gasteiger partial charge in [-0.3, -0.25) is 0 Å². The Labute approximate surface area is 116 Å². The molecule has 0 aliphatic heterocycles. The van der Waals surface area contributed by atoms with Crippen molar-refractivity contribution in [1.82, 2.24) is 0 Å². The van der Waals surface area contributed by atoms with E-state index >= 15 is 0 Å². The maximum atomic E-state index is 10.3. The summed E-state index contributed by atoms with van der Waals surface area (Å²) in [6.45, 7) is 8.52. The van der Waals surface area contributed by atoms with E-state index in [1.165, 1.54) is 0 Å². The van der Waals surface area contributed by atoms with E-state index < -0.39 is 6.10 Å². The van der Waals surface area contributed by atoms with Crippen LogP contribution < -0.4 is 4.74 Å². The number of aliphatic hydroxyl groups is 2. The van der Waals surface area contributed by atoms with Gasteiger partial charge >= 0.3 is 0 Å². The van der Waals surface area contributed by atoms with Gasteiger partial charge in [-0.1, -0.05) is 32.4 Å². The zero-order valence-corrected chi connectivity index (χ0v) is 12.7. The summed E-state index contributed by atoms with van der Waals surface area (Å²) in [6.07, 6.45) is 0.534. The highest BCUT2D eigenvalue weighted by Crippen LogP contribution is 2.38. The molecule has 0 heterocycles. The summed E-state index contributed by atoms with van der Waals surface area (Å²) in [7, 11) is 1.64. The first kappa shape index (κ1) is 16.0. The van der Waals surface area contributed by atoms with Crippen LogP contribution in [0.5, 0.6) is 5.75 Å². The molecule has 3 nitrogen and oxygen atoms in total. The zero-order valence-electron chi connectivity index (χ0n) is 12.7. The summed E-state index contributed by atoms with van der Waals surface area (Å²) < 4.78 is 5.54. The van der Waals surface area contributed by atoms with Crippen LogP contribution in [0.1, 0.15) is 56.4 Å². The smallest absolute Gasteiger partial charge is 0.128 e. The minimum Gasteiger partial charge on any atom is -0.496 e. The van der Waals surface area contributed by atoms with Gasteiger partial charge in [0.1, 0.15) is 5.75 Å². The molecule has 1 atom stereocenters. The standard InChI is InChI=1S/C16H26O3/c1-11-9-12(14(18)7-6-8-17)15(19-5)13(10-11)16(2,3)4/h9-10,14,17-18H,6-8H2,1-5H3. The first-order chi connectivity index (χ1) is 8.81. The van der Waals surface area contributed by atoms with Crippen molar-refractivity contribution in [2.24, 2.45) is 0 Å². The molecule has 1 unspecified atom stereocenters. The fourth-order valence-corrected chi connectivity index (χ4v) is 2.27. The van der Waals surface area contributed by atoms with Crippen LogP contribution in [0.25, 0.3) is 0 Å². The average Bonchev–Trinajstić information content (AvgIpc) is 2.33. The van der Waals surface area contributed by atoms with Crippen molar-refractivity contribution < 1.29 is 14.9 Å². The molecule has 1 aromatic carbocycles. The minimum absolute atomic E-state index is 0.0389. The number of aliphatic hydroxyl groups excluding tert-OH is 2. The van der Waals surface area contributed by atoms with Gasteiger partial charge in [-0.05, 0) is 31.2 Å². The van der Waals surface area contributed by atoms with E-state index in [1.807, 2.05) is 13.0 Å². The first-order valence-electron chi connectivity index (χ1n) is 6.79. The summed E-state index contributed by atoms with van der Waals surface area (Å²) in [5, 5.41) is 19.2. The molecule has 108 valence electrons. The van der Waals surface area contributed by atoms with E-state index in [2.05, 4.69) is 26.8 Å². The van der Waals surface area contributed by atoms with Gasteiger partial charge in [0, 0.05) is 17.7 Å². The molecule has 0 saturated heterocycles. The highest BCUT2D eigenvalue weighted by atomic mass is 16.5. The number of hydrogen-bond donors (Lipinski definition) is 2. The largest absolute Gasteiger partial charge is 0.496 e. The predicted octanol–water partition coefficient (Wildman–Crippen LogP) is 3.11. The van der Waals surface area contributed by atoms with E-state index in [9.17, 15) is 5.11 Å². The SMILES string of the molecule is COc1c(C(O)CCCO)cc(C)cc1C(C)(C)C. The number of hydrogen-bond acceptors (Lipinski definition) is 3. The third-order valence-electron chi connectivity index (χ3n) is 3.27. The summed E-state index contributed by atoms with van der Waals surface area (Å²) in [5.41, 5.74) is 3.00. The van der Waals surface area contributed by atoms with E-state index in [0.717, 1.165) is 22.4 Å². The van der Waals surface area contributed by atoms with E-state index in [1.54, 1.807) is 7.11 Å². The molecule has 19 heavy (non-hydrogen) atoms. The molecule has 0 amide bonds. The first-order valence-corrected chi connectivity index (χ1v) is 6.79. The fourth-order valence-electron chi connectivity index (χ4n) is 2.27. The molecule has 1 rings (SSSR count). The minimum atomic E-state index is -0.594. The molecule has 0 radical (unpaired) electrons. The maximum Gasteiger partial charge on any atom is 0.128 e. The molecule has 0 saturated carbocycles. The van der Waals surface area contributed by atoms with Gasteiger partial charge in [0.25, 0.3) is 0 Å². The van der Waals surface area contributed by atoms with Crippen LogP contribution in [0.2, 0.25) is 0 Å². The fraction of sp³-hybridized carbons (Fsp3) is 0.625. The molecule has 1 aromatic rings. The maximum absolute atomic E-state index is 10.3. The third-order valence-corrected chi connectivity index (χ3v) is 3.27. The highest BCUT2D eigenvalue weighted by Gasteiger charge is 2.24. The number of benzene rings is 1. The number of rotatable bonds is 5. The average molecular weight is 266 g/mol. The zero-order chi connectivity index (χ0) is 14.6. The van der Waals surface area contributed by atoms with Gasteiger partial charge < -0.3 is 14.9 Å². The molecule has 0 aliphatic carbocycles. The molecule has 0 spiro atoms. The van der Waals surface area contributed by atoms with Crippen LogP contribution in [0.4, 0.5) is 0 Å². The van der Waals surface area contributed by atoms with Gasteiger partial charge in [0.2, 0.25) is 0 Å². The van der Waals surface area contributed by atoms with Crippen LogP contribution in [0, 0.1) is 6.92 Å². The van der Waals surface area contributed by atoms with Crippen LogP contribution in [-0.2, 0) is 5.41 Å². The number of methoxy groups -OCH3 is 1. The normalized spacial score (nSPS) is 13.4. The molecule has 0 fully saturated rings. The molecule has 0 aliphatic rings. The van der Waals surface area contributed by atoms with E-state index in [-0.39, 0.29) is 12.0 Å². The van der Waals surface area contributed by atoms with Gasteiger partial charge in [-0.25, -0.2) is 0 Å². The molecule has 0 aromatic heterocycles. The van der Waals surface area contributed by atoms with Crippen molar-refractivity contribution in [2.45, 2.75) is 52.1 Å². The van der Waals surface area contributed by atoms with Crippen molar-refractivity contribution in [2.75, 3.05) is 13.7 Å². The van der Waals surface area contributed by atoms with Crippen LogP contribution in [-0.4, -0.2) is 23.9 Å². The van der Waals surface area contributed by atoms with Gasteiger partial charge in [-0.15, -0.1) is 0 Å². The van der Waals surface area contributed by atoms with Gasteiger partial charge in [-0.2, -0.15) is 0 Å². The van der Waals surface area contributed by atoms with Gasteiger partial charge in [0.15, 0.2) is 0 Å². The lowest BCUT2D eigenvalue weighted by molar-refractivity contribution is 0.148. The Morgan fingerprint density at radius 3 is 2.37 bits per heavy atom. The predicted molar refractivity (Wildman–Crippen MR) is 77.7 cm³/mol. The Hall–Kier alpha value is -1.06. The topological polar surface area (TPSA) is 49.7 Å². The summed E-state index contributed by atoms with van der Waals surface area (Å²) >= 11 is 0. The summed E-state index contributed by atoms with van der Waals surface area (Å²) in [5.74, 6) is 0.767. The Bertz CT molecular complexity index is 419. The van der Waals surface area contributed by atoms with Crippen LogP contribution in [0.15, 0.2) is 12.1 Å². The molecule has 2 N–H and O–H groups in total. The van der Waals surface area contributed by atoms with Crippen molar-refractivity contribution >= 4 is 0 Å². The third kappa shape index (κ3) is 3.95. The number of ether oxygens (including phenoxy) is 1. The highest BCUT2D eigenvalue weighted by molar-refractivity contribution is 5.48. The molecule has 0 bridgehead atoms. The Morgan fingerprint density at radius 1 is 1.26 bits per heavy atom. The van der Waals surface area contributed by atoms with Crippen molar-refractivity contribution in [3.63, 3.8) is 0 Å². The van der Waals surface area contributed by atoms with Crippen LogP contribution >= 0.6 is 0 Å². The Morgan fingerprint density at radius 2 is 1.89 bits per heavy atom. The molecule has 3 heteroatoms. The second-order valence-corrected chi connectivity index (χ2v) is 6.07. The lowest BCUT2D eigenvalue weighted by Gasteiger charge is -2.26. The van der Waals surface area contributed by atoms with E-state index in [0.29, 0.717) is 12.8 Å². The summed E-state index contributed by atoms with van der Waals surface area (Å²) in [6, 6.07) is 4.08. The van der Waals surface area contributed by atoms with Gasteiger partial charge in [0.05, 0.1) is 13.2 Å². The van der Waals surface area contributed by atoms with E-state index in [4.69, 9.17) is 9.84 Å². The second kappa shape index (κ2) is 6.40. The van der Waals surface area contributed by atoms with Crippen LogP contribution in [0.3, 0.4) is 0 Å². The molecular formula is C16H26O3. The Kier molecular flexibility index (Phi) is 5.39. The number of aryl methyl sites for hydroxylation is 1. The quantitative estimate of drug-likeness (QED) is 0.861. The lowest BCUT2D eigenvalue weighted by atomic mass is 9.83. The monoisotopic (exact) mass is 266 g/mol. The summed E-state index contributed by atoms with van der Waals surface area (Å²) in [4.78, 5) is 0. The van der Waals surface area contributed by atoms with Crippen molar-refractivity contribution in [3.05, 3.63) is 28.8 Å².